The monoisotopic (exact) mass is 165 g/mol. The van der Waals surface area contributed by atoms with Gasteiger partial charge in [-0.2, -0.15) is 8.42 Å². The SMILES string of the molecule is CCC(C)(C)CS([O])(=O)=O. The van der Waals surface area contributed by atoms with Gasteiger partial charge in [-0.05, 0) is 11.8 Å². The topological polar surface area (TPSA) is 54.0 Å². The largest absolute Gasteiger partial charge is 0.295 e. The number of hydrogen-bond donors (Lipinski definition) is 0. The van der Waals surface area contributed by atoms with Gasteiger partial charge in [-0.15, -0.1) is 0 Å². The minimum atomic E-state index is -4.04. The summed E-state index contributed by atoms with van der Waals surface area (Å²) in [6, 6.07) is 0. The molecule has 4 heteroatoms. The van der Waals surface area contributed by atoms with E-state index in [-0.39, 0.29) is 11.2 Å². The van der Waals surface area contributed by atoms with Crippen LogP contribution in [0.3, 0.4) is 0 Å². The van der Waals surface area contributed by atoms with Gasteiger partial charge in [0.25, 0.3) is 10.1 Å². The van der Waals surface area contributed by atoms with Crippen LogP contribution >= 0.6 is 0 Å². The highest BCUT2D eigenvalue weighted by Gasteiger charge is 2.23. The summed E-state index contributed by atoms with van der Waals surface area (Å²) in [5, 5.41) is 0. The number of hydrogen-bond acceptors (Lipinski definition) is 2. The lowest BCUT2D eigenvalue weighted by atomic mass is 9.93. The normalized spacial score (nSPS) is 13.6. The molecule has 0 aliphatic carbocycles. The van der Waals surface area contributed by atoms with Crippen molar-refractivity contribution in [1.82, 2.24) is 0 Å². The zero-order valence-corrected chi connectivity index (χ0v) is 7.36. The predicted molar refractivity (Wildman–Crippen MR) is 38.5 cm³/mol. The highest BCUT2D eigenvalue weighted by atomic mass is 32.2. The average molecular weight is 165 g/mol. The van der Waals surface area contributed by atoms with E-state index in [2.05, 4.69) is 0 Å². The van der Waals surface area contributed by atoms with Crippen LogP contribution in [0, 0.1) is 5.41 Å². The minimum absolute atomic E-state index is 0.267. The van der Waals surface area contributed by atoms with Crippen molar-refractivity contribution in [2.75, 3.05) is 5.75 Å². The van der Waals surface area contributed by atoms with Gasteiger partial charge >= 0.3 is 0 Å². The molecule has 0 aromatic heterocycles. The molecular weight excluding hydrogens is 152 g/mol. The predicted octanol–water partition coefficient (Wildman–Crippen LogP) is 1.18. The minimum Gasteiger partial charge on any atom is -0.197 e. The van der Waals surface area contributed by atoms with E-state index >= 15 is 0 Å². The Morgan fingerprint density at radius 2 is 1.70 bits per heavy atom. The Hall–Kier alpha value is -0.0900. The zero-order valence-electron chi connectivity index (χ0n) is 6.55. The highest BCUT2D eigenvalue weighted by molar-refractivity contribution is 7.85. The molecule has 0 aromatic rings. The van der Waals surface area contributed by atoms with Gasteiger partial charge in [0.2, 0.25) is 0 Å². The summed E-state index contributed by atoms with van der Waals surface area (Å²) >= 11 is 0. The molecule has 10 heavy (non-hydrogen) atoms. The molecule has 0 aromatic carbocycles. The summed E-state index contributed by atoms with van der Waals surface area (Å²) in [6.07, 6.45) is 0.703. The summed E-state index contributed by atoms with van der Waals surface area (Å²) in [7, 11) is -4.04. The van der Waals surface area contributed by atoms with Crippen molar-refractivity contribution in [2.24, 2.45) is 5.41 Å². The Morgan fingerprint density at radius 3 is 1.80 bits per heavy atom. The smallest absolute Gasteiger partial charge is 0.197 e. The molecule has 0 saturated carbocycles. The third-order valence-corrected chi connectivity index (χ3v) is 2.66. The molecule has 0 N–H and O–H groups in total. The fraction of sp³-hybridized carbons (Fsp3) is 1.00. The van der Waals surface area contributed by atoms with Crippen molar-refractivity contribution in [1.29, 1.82) is 0 Å². The van der Waals surface area contributed by atoms with E-state index in [1.807, 2.05) is 6.92 Å². The summed E-state index contributed by atoms with van der Waals surface area (Å²) in [5.41, 5.74) is -0.374. The van der Waals surface area contributed by atoms with Crippen LogP contribution in [0.5, 0.6) is 0 Å². The van der Waals surface area contributed by atoms with Crippen LogP contribution < -0.4 is 0 Å². The first kappa shape index (κ1) is 9.91. The maximum Gasteiger partial charge on any atom is 0.295 e. The first-order chi connectivity index (χ1) is 4.27. The van der Waals surface area contributed by atoms with Gasteiger partial charge in [0.1, 0.15) is 0 Å². The van der Waals surface area contributed by atoms with E-state index in [0.717, 1.165) is 0 Å². The number of rotatable bonds is 3. The van der Waals surface area contributed by atoms with Gasteiger partial charge in [0, 0.05) is 0 Å². The van der Waals surface area contributed by atoms with Gasteiger partial charge in [0.15, 0.2) is 0 Å². The maximum atomic E-state index is 10.3. The highest BCUT2D eigenvalue weighted by Crippen LogP contribution is 2.21. The van der Waals surface area contributed by atoms with Crippen LogP contribution in [0.15, 0.2) is 0 Å². The Kier molecular flexibility index (Phi) is 2.86. The van der Waals surface area contributed by atoms with Crippen molar-refractivity contribution < 1.29 is 13.0 Å². The lowest BCUT2D eigenvalue weighted by Crippen LogP contribution is -2.21. The molecule has 0 rings (SSSR count). The molecule has 0 aliphatic rings. The van der Waals surface area contributed by atoms with Gasteiger partial charge in [-0.1, -0.05) is 25.3 Å². The summed E-state index contributed by atoms with van der Waals surface area (Å²) in [6.45, 7) is 5.40. The van der Waals surface area contributed by atoms with Crippen LogP contribution in [0.25, 0.3) is 0 Å². The lowest BCUT2D eigenvalue weighted by molar-refractivity contribution is 0.355. The average Bonchev–Trinajstić information content (AvgIpc) is 1.60. The molecule has 0 heterocycles. The molecule has 61 valence electrons. The zero-order chi connectivity index (χ0) is 8.41. The van der Waals surface area contributed by atoms with E-state index in [1.54, 1.807) is 13.8 Å². The molecule has 0 amide bonds. The molecule has 0 atom stereocenters. The van der Waals surface area contributed by atoms with Gasteiger partial charge in [-0.3, -0.25) is 0 Å². The second-order valence-electron chi connectivity index (χ2n) is 3.22. The van der Waals surface area contributed by atoms with Crippen LogP contribution in [-0.2, 0) is 14.7 Å². The van der Waals surface area contributed by atoms with Crippen molar-refractivity contribution in [3.05, 3.63) is 0 Å². The van der Waals surface area contributed by atoms with Gasteiger partial charge < -0.3 is 0 Å². The molecule has 3 nitrogen and oxygen atoms in total. The standard InChI is InChI=1S/C6H13O3S/c1-4-6(2,3)5-10(7,8)9/h4-5H2,1-3H3. The summed E-state index contributed by atoms with van der Waals surface area (Å²) in [5.74, 6) is -0.267. The van der Waals surface area contributed by atoms with Crippen LogP contribution in [-0.4, -0.2) is 14.2 Å². The molecule has 1 radical (unpaired) electrons. The van der Waals surface area contributed by atoms with Crippen molar-refractivity contribution in [2.45, 2.75) is 27.2 Å². The molecule has 0 bridgehead atoms. The fourth-order valence-electron chi connectivity index (χ4n) is 0.581. The third kappa shape index (κ3) is 4.76. The van der Waals surface area contributed by atoms with E-state index in [4.69, 9.17) is 0 Å². The van der Waals surface area contributed by atoms with Crippen molar-refractivity contribution in [3.63, 3.8) is 0 Å². The second kappa shape index (κ2) is 2.88. The third-order valence-electron chi connectivity index (χ3n) is 1.52. The van der Waals surface area contributed by atoms with E-state index in [0.29, 0.717) is 6.42 Å². The maximum absolute atomic E-state index is 10.3. The first-order valence-corrected chi connectivity index (χ1v) is 4.78. The van der Waals surface area contributed by atoms with Crippen molar-refractivity contribution >= 4 is 10.1 Å². The van der Waals surface area contributed by atoms with E-state index < -0.39 is 10.1 Å². The quantitative estimate of drug-likeness (QED) is 0.630. The Labute approximate surface area is 62.2 Å². The fourth-order valence-corrected chi connectivity index (χ4v) is 1.74. The van der Waals surface area contributed by atoms with Crippen LogP contribution in [0.2, 0.25) is 0 Å². The van der Waals surface area contributed by atoms with E-state index in [9.17, 15) is 13.0 Å². The lowest BCUT2D eigenvalue weighted by Gasteiger charge is -2.18. The van der Waals surface area contributed by atoms with E-state index in [1.165, 1.54) is 0 Å². The summed E-state index contributed by atoms with van der Waals surface area (Å²) in [4.78, 5) is 0. The van der Waals surface area contributed by atoms with Crippen LogP contribution in [0.1, 0.15) is 27.2 Å². The first-order valence-electron chi connectivity index (χ1n) is 3.20. The van der Waals surface area contributed by atoms with Crippen LogP contribution in [0.4, 0.5) is 0 Å². The Bertz CT molecular complexity index is 191. The second-order valence-corrected chi connectivity index (χ2v) is 4.62. The van der Waals surface area contributed by atoms with Gasteiger partial charge in [-0.25, -0.2) is 0 Å². The van der Waals surface area contributed by atoms with Gasteiger partial charge in [0.05, 0.1) is 5.75 Å². The van der Waals surface area contributed by atoms with Crippen molar-refractivity contribution in [3.8, 4) is 0 Å². The molecule has 0 fully saturated rings. The Balaban J connectivity index is 4.16. The summed E-state index contributed by atoms with van der Waals surface area (Å²) < 4.78 is 30.8. The molecular formula is C6H13O3S. The Morgan fingerprint density at radius 1 is 1.30 bits per heavy atom. The molecule has 0 unspecified atom stereocenters. The molecule has 0 spiro atoms. The molecule has 0 saturated heterocycles. The molecule has 0 aliphatic heterocycles.